The van der Waals surface area contributed by atoms with Gasteiger partial charge in [-0.25, -0.2) is 14.8 Å². The van der Waals surface area contributed by atoms with Gasteiger partial charge in [0.15, 0.2) is 5.82 Å². The SMILES string of the molecule is CC(C)S(=O)Cc1cc(N2CCOC[C@@H]2C)nc(-c2ccc(NC(=O)OC(C)(C)C)cc2)n1. The molecule has 180 valence electrons. The topological polar surface area (TPSA) is 93.7 Å². The minimum absolute atomic E-state index is 0.0485. The van der Waals surface area contributed by atoms with Gasteiger partial charge in [-0.2, -0.15) is 0 Å². The van der Waals surface area contributed by atoms with E-state index in [1.807, 2.05) is 52.8 Å². The van der Waals surface area contributed by atoms with Crippen molar-refractivity contribution in [2.75, 3.05) is 30.0 Å². The van der Waals surface area contributed by atoms with Crippen LogP contribution < -0.4 is 10.2 Å². The van der Waals surface area contributed by atoms with E-state index < -0.39 is 22.5 Å². The molecule has 1 saturated heterocycles. The van der Waals surface area contributed by atoms with Crippen LogP contribution in [-0.2, 0) is 26.0 Å². The molecule has 1 aliphatic heterocycles. The second-order valence-corrected chi connectivity index (χ2v) is 11.4. The minimum Gasteiger partial charge on any atom is -0.444 e. The predicted molar refractivity (Wildman–Crippen MR) is 132 cm³/mol. The number of carbonyl (C=O) groups is 1. The molecule has 8 nitrogen and oxygen atoms in total. The minimum atomic E-state index is -1.02. The van der Waals surface area contributed by atoms with Gasteiger partial charge in [-0.05, 0) is 52.0 Å². The third-order valence-electron chi connectivity index (χ3n) is 5.03. The van der Waals surface area contributed by atoms with Gasteiger partial charge in [0.2, 0.25) is 0 Å². The number of morpholine rings is 1. The summed E-state index contributed by atoms with van der Waals surface area (Å²) < 4.78 is 23.4. The molecule has 9 heteroatoms. The first-order valence-electron chi connectivity index (χ1n) is 11.2. The third-order valence-corrected chi connectivity index (χ3v) is 6.66. The fraction of sp³-hybridized carbons (Fsp3) is 0.542. The highest BCUT2D eigenvalue weighted by molar-refractivity contribution is 7.84. The van der Waals surface area contributed by atoms with Crippen LogP contribution in [0.4, 0.5) is 16.3 Å². The van der Waals surface area contributed by atoms with Gasteiger partial charge in [0.1, 0.15) is 11.4 Å². The fourth-order valence-electron chi connectivity index (χ4n) is 3.34. The number of amides is 1. The van der Waals surface area contributed by atoms with Crippen molar-refractivity contribution in [2.24, 2.45) is 0 Å². The molecule has 0 spiro atoms. The molecule has 0 bridgehead atoms. The van der Waals surface area contributed by atoms with E-state index in [0.29, 0.717) is 30.5 Å². The van der Waals surface area contributed by atoms with Gasteiger partial charge in [-0.15, -0.1) is 0 Å². The summed E-state index contributed by atoms with van der Waals surface area (Å²) in [4.78, 5) is 23.8. The van der Waals surface area contributed by atoms with E-state index in [4.69, 9.17) is 19.4 Å². The zero-order chi connectivity index (χ0) is 24.2. The maximum absolute atomic E-state index is 12.5. The lowest BCUT2D eigenvalue weighted by Gasteiger charge is -2.34. The number of ether oxygens (including phenoxy) is 2. The molecule has 3 rings (SSSR count). The number of hydrogen-bond acceptors (Lipinski definition) is 7. The molecule has 2 aromatic rings. The van der Waals surface area contributed by atoms with E-state index in [1.54, 1.807) is 12.1 Å². The molecule has 1 amide bonds. The summed E-state index contributed by atoms with van der Waals surface area (Å²) in [6.07, 6.45) is -0.506. The van der Waals surface area contributed by atoms with Crippen LogP contribution in [0.25, 0.3) is 11.4 Å². The molecule has 1 aromatic carbocycles. The number of rotatable bonds is 6. The molecule has 0 radical (unpaired) electrons. The Morgan fingerprint density at radius 1 is 1.27 bits per heavy atom. The van der Waals surface area contributed by atoms with Gasteiger partial charge in [0.25, 0.3) is 0 Å². The molecule has 1 fully saturated rings. The van der Waals surface area contributed by atoms with Gasteiger partial charge >= 0.3 is 6.09 Å². The van der Waals surface area contributed by atoms with Crippen molar-refractivity contribution in [1.29, 1.82) is 0 Å². The van der Waals surface area contributed by atoms with E-state index in [9.17, 15) is 9.00 Å². The zero-order valence-electron chi connectivity index (χ0n) is 20.3. The lowest BCUT2D eigenvalue weighted by molar-refractivity contribution is 0.0636. The van der Waals surface area contributed by atoms with Crippen molar-refractivity contribution in [3.63, 3.8) is 0 Å². The number of carbonyl (C=O) groups excluding carboxylic acids is 1. The standard InChI is InChI=1S/C24H34N4O4S/c1-16(2)33(30)15-20-13-21(28-11-12-31-14-17(28)3)27-22(25-20)18-7-9-19(10-8-18)26-23(29)32-24(4,5)6/h7-10,13,16-17H,11-12,14-15H2,1-6H3,(H,26,29)/t17-,33?/m0/s1. The molecule has 0 saturated carbocycles. The monoisotopic (exact) mass is 474 g/mol. The summed E-state index contributed by atoms with van der Waals surface area (Å²) in [6.45, 7) is 13.5. The van der Waals surface area contributed by atoms with Crippen LogP contribution >= 0.6 is 0 Å². The van der Waals surface area contributed by atoms with E-state index >= 15 is 0 Å². The summed E-state index contributed by atoms with van der Waals surface area (Å²) in [5.41, 5.74) is 1.61. The first kappa shape index (κ1) is 25.1. The molecule has 1 aromatic heterocycles. The van der Waals surface area contributed by atoms with E-state index in [1.165, 1.54) is 0 Å². The average Bonchev–Trinajstić information content (AvgIpc) is 2.73. The van der Waals surface area contributed by atoms with Crippen molar-refractivity contribution in [3.8, 4) is 11.4 Å². The maximum Gasteiger partial charge on any atom is 0.412 e. The lowest BCUT2D eigenvalue weighted by atomic mass is 10.2. The molecule has 2 heterocycles. The van der Waals surface area contributed by atoms with Crippen LogP contribution in [0.3, 0.4) is 0 Å². The first-order valence-corrected chi connectivity index (χ1v) is 12.6. The number of benzene rings is 1. The number of anilines is 2. The number of aromatic nitrogens is 2. The molecule has 2 atom stereocenters. The van der Waals surface area contributed by atoms with Crippen LogP contribution in [0.1, 0.15) is 47.2 Å². The Kier molecular flexibility index (Phi) is 8.07. The molecule has 33 heavy (non-hydrogen) atoms. The highest BCUT2D eigenvalue weighted by atomic mass is 32.2. The van der Waals surface area contributed by atoms with Gasteiger partial charge < -0.3 is 14.4 Å². The zero-order valence-corrected chi connectivity index (χ0v) is 21.1. The van der Waals surface area contributed by atoms with Crippen LogP contribution in [-0.4, -0.2) is 56.9 Å². The average molecular weight is 475 g/mol. The Balaban J connectivity index is 1.88. The van der Waals surface area contributed by atoms with Crippen molar-refractivity contribution in [3.05, 3.63) is 36.0 Å². The fourth-order valence-corrected chi connectivity index (χ4v) is 4.11. The highest BCUT2D eigenvalue weighted by Gasteiger charge is 2.22. The highest BCUT2D eigenvalue weighted by Crippen LogP contribution is 2.25. The number of nitrogens with one attached hydrogen (secondary N) is 1. The normalized spacial score (nSPS) is 17.7. The first-order chi connectivity index (χ1) is 15.5. The molecule has 1 unspecified atom stereocenters. The summed E-state index contributed by atoms with van der Waals surface area (Å²) in [6, 6.07) is 9.42. The van der Waals surface area contributed by atoms with Gasteiger partial charge in [-0.3, -0.25) is 9.53 Å². The van der Waals surface area contributed by atoms with Crippen LogP contribution in [0, 0.1) is 0 Å². The molecule has 0 aliphatic carbocycles. The summed E-state index contributed by atoms with van der Waals surface area (Å²) >= 11 is 0. The lowest BCUT2D eigenvalue weighted by Crippen LogP contribution is -2.44. The maximum atomic E-state index is 12.5. The Morgan fingerprint density at radius 3 is 2.58 bits per heavy atom. The Labute approximate surface area is 198 Å². The number of nitrogens with zero attached hydrogens (tertiary/aromatic N) is 3. The van der Waals surface area contributed by atoms with Crippen molar-refractivity contribution < 1.29 is 18.5 Å². The van der Waals surface area contributed by atoms with Gasteiger partial charge in [0, 0.05) is 39.9 Å². The van der Waals surface area contributed by atoms with Gasteiger partial charge in [0.05, 0.1) is 30.7 Å². The molecule has 1 N–H and O–H groups in total. The van der Waals surface area contributed by atoms with Crippen molar-refractivity contribution >= 4 is 28.4 Å². The van der Waals surface area contributed by atoms with E-state index in [2.05, 4.69) is 17.1 Å². The summed E-state index contributed by atoms with van der Waals surface area (Å²) in [5, 5.41) is 2.78. The number of hydrogen-bond donors (Lipinski definition) is 1. The van der Waals surface area contributed by atoms with Crippen molar-refractivity contribution in [2.45, 2.75) is 64.2 Å². The predicted octanol–water partition coefficient (Wildman–Crippen LogP) is 4.37. The smallest absolute Gasteiger partial charge is 0.412 e. The Hall–Kier alpha value is -2.52. The van der Waals surface area contributed by atoms with Crippen LogP contribution in [0.2, 0.25) is 0 Å². The largest absolute Gasteiger partial charge is 0.444 e. The van der Waals surface area contributed by atoms with E-state index in [0.717, 1.165) is 23.6 Å². The van der Waals surface area contributed by atoms with Crippen molar-refractivity contribution in [1.82, 2.24) is 9.97 Å². The van der Waals surface area contributed by atoms with Crippen LogP contribution in [0.15, 0.2) is 30.3 Å². The summed E-state index contributed by atoms with van der Waals surface area (Å²) in [7, 11) is -1.02. The second kappa shape index (κ2) is 10.6. The Bertz CT molecular complexity index is 989. The molecular weight excluding hydrogens is 440 g/mol. The summed E-state index contributed by atoms with van der Waals surface area (Å²) in [5.74, 6) is 1.74. The van der Waals surface area contributed by atoms with Gasteiger partial charge in [-0.1, -0.05) is 13.8 Å². The quantitative estimate of drug-likeness (QED) is 0.664. The second-order valence-electron chi connectivity index (χ2n) is 9.44. The third kappa shape index (κ3) is 7.23. The van der Waals surface area contributed by atoms with Crippen LogP contribution in [0.5, 0.6) is 0 Å². The molecular formula is C24H34N4O4S. The Morgan fingerprint density at radius 2 is 1.97 bits per heavy atom. The van der Waals surface area contributed by atoms with E-state index in [-0.39, 0.29) is 11.3 Å². The molecule has 1 aliphatic rings.